The number of anilines is 1. The lowest BCUT2D eigenvalue weighted by Crippen LogP contribution is -2.17. The van der Waals surface area contributed by atoms with Crippen LogP contribution in [0.3, 0.4) is 0 Å². The van der Waals surface area contributed by atoms with Gasteiger partial charge in [0.25, 0.3) is 0 Å². The van der Waals surface area contributed by atoms with Crippen molar-refractivity contribution in [3.05, 3.63) is 11.1 Å². The summed E-state index contributed by atoms with van der Waals surface area (Å²) in [6.45, 7) is 1.34. The van der Waals surface area contributed by atoms with Crippen LogP contribution in [0, 0.1) is 0 Å². The van der Waals surface area contributed by atoms with E-state index in [9.17, 15) is 13.2 Å². The predicted octanol–water partition coefficient (Wildman–Crippen LogP) is -0.120. The third-order valence-electron chi connectivity index (χ3n) is 1.56. The van der Waals surface area contributed by atoms with Gasteiger partial charge >= 0.3 is 16.1 Å². The van der Waals surface area contributed by atoms with Gasteiger partial charge in [0.1, 0.15) is 5.69 Å². The fourth-order valence-corrected chi connectivity index (χ4v) is 1.58. The molecule has 1 aromatic heterocycles. The molecule has 10 heteroatoms. The predicted molar refractivity (Wildman–Crippen MR) is 61.2 cm³/mol. The van der Waals surface area contributed by atoms with Crippen LogP contribution >= 0.6 is 11.3 Å². The third kappa shape index (κ3) is 3.67. The number of nitrogens with zero attached hydrogens (tertiary/aromatic N) is 2. The van der Waals surface area contributed by atoms with Crippen LogP contribution in [0.4, 0.5) is 5.13 Å². The second kappa shape index (κ2) is 5.10. The fourth-order valence-electron chi connectivity index (χ4n) is 0.738. The minimum absolute atomic E-state index is 0.0497. The smallest absolute Gasteiger partial charge is 0.360 e. The van der Waals surface area contributed by atoms with Gasteiger partial charge in [-0.25, -0.2) is 9.78 Å². The largest absolute Gasteiger partial charge is 0.476 e. The lowest BCUT2D eigenvalue weighted by Gasteiger charge is -1.99. The van der Waals surface area contributed by atoms with Crippen LogP contribution in [0.15, 0.2) is 10.5 Å². The van der Waals surface area contributed by atoms with Crippen LogP contribution < -0.4 is 5.73 Å². The highest BCUT2D eigenvalue weighted by atomic mass is 32.2. The Morgan fingerprint density at radius 2 is 2.35 bits per heavy atom. The summed E-state index contributed by atoms with van der Waals surface area (Å²) in [6.07, 6.45) is 0. The Bertz CT molecular complexity index is 548. The van der Waals surface area contributed by atoms with E-state index in [1.165, 1.54) is 12.3 Å². The van der Waals surface area contributed by atoms with Crippen molar-refractivity contribution in [1.29, 1.82) is 0 Å². The molecule has 0 atom stereocenters. The van der Waals surface area contributed by atoms with Gasteiger partial charge < -0.3 is 10.8 Å². The van der Waals surface area contributed by atoms with Gasteiger partial charge in [-0.05, 0) is 6.92 Å². The van der Waals surface area contributed by atoms with E-state index in [2.05, 4.69) is 14.4 Å². The quantitative estimate of drug-likeness (QED) is 0.567. The first-order valence-electron chi connectivity index (χ1n) is 4.29. The van der Waals surface area contributed by atoms with Gasteiger partial charge in [-0.1, -0.05) is 5.16 Å². The summed E-state index contributed by atoms with van der Waals surface area (Å²) >= 11 is 1.01. The molecule has 8 nitrogen and oxygen atoms in total. The maximum Gasteiger partial charge on any atom is 0.360 e. The molecule has 0 bridgehead atoms. The summed E-state index contributed by atoms with van der Waals surface area (Å²) < 4.78 is 26.2. The molecule has 0 saturated carbocycles. The summed E-state index contributed by atoms with van der Waals surface area (Å²) in [5.74, 6) is -1.77. The zero-order chi connectivity index (χ0) is 13.1. The highest BCUT2D eigenvalue weighted by Crippen LogP contribution is 2.12. The van der Waals surface area contributed by atoms with Crippen LogP contribution in [0.2, 0.25) is 0 Å². The molecule has 17 heavy (non-hydrogen) atoms. The van der Waals surface area contributed by atoms with Gasteiger partial charge in [0, 0.05) is 5.38 Å². The number of nitrogen functional groups attached to an aromatic ring is 1. The molecular weight excluding hydrogens is 270 g/mol. The van der Waals surface area contributed by atoms with Gasteiger partial charge in [0.2, 0.25) is 5.71 Å². The first-order chi connectivity index (χ1) is 7.85. The van der Waals surface area contributed by atoms with Crippen molar-refractivity contribution in [2.45, 2.75) is 6.92 Å². The fraction of sp³-hybridized carbons (Fsp3) is 0.286. The molecule has 1 rings (SSSR count). The van der Waals surface area contributed by atoms with Gasteiger partial charge in [0.15, 0.2) is 5.13 Å². The lowest BCUT2D eigenvalue weighted by molar-refractivity contribution is -0.129. The van der Waals surface area contributed by atoms with Crippen molar-refractivity contribution in [2.24, 2.45) is 5.16 Å². The lowest BCUT2D eigenvalue weighted by atomic mass is 10.3. The summed E-state index contributed by atoms with van der Waals surface area (Å²) in [6, 6.07) is 0. The molecule has 0 unspecified atom stereocenters. The topological polar surface area (TPSA) is 132 Å². The molecular formula is C7H9N3O5S2. The molecule has 0 aliphatic rings. The highest BCUT2D eigenvalue weighted by Gasteiger charge is 2.18. The summed E-state index contributed by atoms with van der Waals surface area (Å²) in [5.41, 5.74) is 4.66. The van der Waals surface area contributed by atoms with Crippen molar-refractivity contribution < 1.29 is 22.6 Å². The van der Waals surface area contributed by atoms with Crippen molar-refractivity contribution in [3.8, 4) is 0 Å². The monoisotopic (exact) mass is 279 g/mol. The van der Waals surface area contributed by atoms with Gasteiger partial charge in [-0.15, -0.1) is 11.3 Å². The van der Waals surface area contributed by atoms with Crippen LogP contribution in [-0.4, -0.2) is 35.9 Å². The summed E-state index contributed by atoms with van der Waals surface area (Å²) in [4.78, 5) is 14.5. The van der Waals surface area contributed by atoms with E-state index in [1.54, 1.807) is 0 Å². The van der Waals surface area contributed by atoms with Crippen molar-refractivity contribution in [2.75, 3.05) is 11.5 Å². The standard InChI is InChI=1S/C7H9N3O5S2/c1-2-17(13,14)15-10-5(6(11)12)4-3-16-7(8)9-4/h3H,2H2,1H3,(H2,8,9)(H,11,12). The SMILES string of the molecule is CCS(=O)(=O)ON=C(C(=O)O)c1csc(N)n1. The molecule has 1 heterocycles. The van der Waals surface area contributed by atoms with E-state index in [4.69, 9.17) is 10.8 Å². The van der Waals surface area contributed by atoms with Crippen LogP contribution in [0.25, 0.3) is 0 Å². The Morgan fingerprint density at radius 1 is 1.71 bits per heavy atom. The molecule has 0 fully saturated rings. The average Bonchev–Trinajstić information content (AvgIpc) is 2.64. The Labute approximate surface area is 101 Å². The Hall–Kier alpha value is -1.68. The number of aromatic nitrogens is 1. The summed E-state index contributed by atoms with van der Waals surface area (Å²) in [5, 5.41) is 13.4. The van der Waals surface area contributed by atoms with E-state index >= 15 is 0 Å². The number of hydrogen-bond donors (Lipinski definition) is 2. The maximum atomic E-state index is 11.0. The molecule has 0 amide bonds. The van der Waals surface area contributed by atoms with E-state index in [0.717, 1.165) is 11.3 Å². The number of hydrogen-bond acceptors (Lipinski definition) is 8. The van der Waals surface area contributed by atoms with E-state index in [0.29, 0.717) is 0 Å². The summed E-state index contributed by atoms with van der Waals surface area (Å²) in [7, 11) is -3.86. The highest BCUT2D eigenvalue weighted by molar-refractivity contribution is 7.86. The van der Waals surface area contributed by atoms with Crippen LogP contribution in [0.5, 0.6) is 0 Å². The number of carboxylic acids is 1. The zero-order valence-electron chi connectivity index (χ0n) is 8.65. The molecule has 3 N–H and O–H groups in total. The van der Waals surface area contributed by atoms with E-state index in [-0.39, 0.29) is 16.6 Å². The number of thiazole rings is 1. The normalized spacial score (nSPS) is 12.4. The number of carboxylic acid groups (broad SMARTS) is 1. The number of oxime groups is 1. The van der Waals surface area contributed by atoms with Crippen molar-refractivity contribution in [3.63, 3.8) is 0 Å². The zero-order valence-corrected chi connectivity index (χ0v) is 10.3. The van der Waals surface area contributed by atoms with Crippen molar-refractivity contribution in [1.82, 2.24) is 4.98 Å². The van der Waals surface area contributed by atoms with Gasteiger partial charge in [-0.3, -0.25) is 4.28 Å². The molecule has 0 aromatic carbocycles. The minimum atomic E-state index is -3.86. The van der Waals surface area contributed by atoms with E-state index in [1.807, 2.05) is 0 Å². The maximum absolute atomic E-state index is 11.0. The molecule has 0 saturated heterocycles. The number of rotatable bonds is 5. The molecule has 0 spiro atoms. The first kappa shape index (κ1) is 13.4. The Kier molecular flexibility index (Phi) is 4.02. The Balaban J connectivity index is 3.03. The minimum Gasteiger partial charge on any atom is -0.476 e. The third-order valence-corrected chi connectivity index (χ3v) is 3.25. The van der Waals surface area contributed by atoms with Crippen molar-refractivity contribution >= 4 is 38.3 Å². The number of nitrogens with two attached hydrogens (primary N) is 1. The second-order valence-electron chi connectivity index (χ2n) is 2.74. The van der Waals surface area contributed by atoms with Gasteiger partial charge in [0.05, 0.1) is 5.75 Å². The molecule has 0 radical (unpaired) electrons. The van der Waals surface area contributed by atoms with Crippen LogP contribution in [-0.2, 0) is 19.2 Å². The number of aliphatic carboxylic acids is 1. The molecule has 94 valence electrons. The molecule has 1 aromatic rings. The van der Waals surface area contributed by atoms with E-state index < -0.39 is 21.8 Å². The molecule has 0 aliphatic carbocycles. The van der Waals surface area contributed by atoms with Crippen LogP contribution in [0.1, 0.15) is 12.6 Å². The Morgan fingerprint density at radius 3 is 2.76 bits per heavy atom. The first-order valence-corrected chi connectivity index (χ1v) is 6.75. The van der Waals surface area contributed by atoms with Gasteiger partial charge in [-0.2, -0.15) is 8.42 Å². The number of carbonyl (C=O) groups is 1. The second-order valence-corrected chi connectivity index (χ2v) is 5.47. The average molecular weight is 279 g/mol. The molecule has 0 aliphatic heterocycles.